The summed E-state index contributed by atoms with van der Waals surface area (Å²) < 4.78 is 15.3. The van der Waals surface area contributed by atoms with Crippen LogP contribution in [0.3, 0.4) is 0 Å². The van der Waals surface area contributed by atoms with Crippen molar-refractivity contribution >= 4 is 0 Å². The Morgan fingerprint density at radius 2 is 0.913 bits per heavy atom. The van der Waals surface area contributed by atoms with Gasteiger partial charge in [-0.2, -0.15) is 0 Å². The van der Waals surface area contributed by atoms with E-state index in [-0.39, 0.29) is 0 Å². The van der Waals surface area contributed by atoms with E-state index in [1.165, 1.54) is 0 Å². The number of hydrogen-bond donors (Lipinski definition) is 8. The van der Waals surface area contributed by atoms with Crippen molar-refractivity contribution in [2.45, 2.75) is 61.4 Å². The van der Waals surface area contributed by atoms with E-state index in [2.05, 4.69) is 0 Å². The molecule has 0 saturated carbocycles. The summed E-state index contributed by atoms with van der Waals surface area (Å²) in [6.07, 6.45) is -15.6. The molecule has 4 unspecified atom stereocenters. The summed E-state index contributed by atoms with van der Waals surface area (Å²) in [5, 5.41) is 76.4. The fourth-order valence-electron chi connectivity index (χ4n) is 2.49. The van der Waals surface area contributed by atoms with E-state index in [1.54, 1.807) is 0 Å². The number of hydrogen-bond acceptors (Lipinski definition) is 11. The molecule has 0 aliphatic carbocycles. The minimum absolute atomic E-state index is 0.667. The number of rotatable bonds is 4. The maximum Gasteiger partial charge on any atom is 0.189 e. The summed E-state index contributed by atoms with van der Waals surface area (Å²) in [6, 6.07) is 0. The molecule has 0 radical (unpaired) electrons. The number of ether oxygens (including phenoxy) is 3. The van der Waals surface area contributed by atoms with Crippen LogP contribution in [0.5, 0.6) is 0 Å². The van der Waals surface area contributed by atoms with Gasteiger partial charge in [0.2, 0.25) is 0 Å². The van der Waals surface area contributed by atoms with Crippen molar-refractivity contribution in [3.05, 3.63) is 0 Å². The van der Waals surface area contributed by atoms with Crippen molar-refractivity contribution in [2.75, 3.05) is 13.2 Å². The van der Waals surface area contributed by atoms with Gasteiger partial charge in [-0.3, -0.25) is 0 Å². The molecule has 2 rings (SSSR count). The van der Waals surface area contributed by atoms with Crippen LogP contribution in [0.4, 0.5) is 0 Å². The Balaban J connectivity index is 2.07. The van der Waals surface area contributed by atoms with Crippen molar-refractivity contribution in [1.82, 2.24) is 0 Å². The molecule has 2 aliphatic rings. The molecule has 2 saturated heterocycles. The Kier molecular flexibility index (Phi) is 6.27. The first-order chi connectivity index (χ1) is 10.8. The van der Waals surface area contributed by atoms with Gasteiger partial charge >= 0.3 is 0 Å². The summed E-state index contributed by atoms with van der Waals surface area (Å²) >= 11 is 0. The zero-order chi connectivity index (χ0) is 17.3. The van der Waals surface area contributed by atoms with Crippen molar-refractivity contribution in [2.24, 2.45) is 0 Å². The van der Waals surface area contributed by atoms with Crippen LogP contribution >= 0.6 is 0 Å². The quantitative estimate of drug-likeness (QED) is 0.243. The van der Waals surface area contributed by atoms with Crippen LogP contribution in [0.2, 0.25) is 0 Å². The molecular weight excluding hydrogens is 320 g/mol. The largest absolute Gasteiger partial charge is 0.394 e. The fourth-order valence-corrected chi connectivity index (χ4v) is 2.49. The Hall–Kier alpha value is -0.440. The first-order valence-electron chi connectivity index (χ1n) is 7.08. The molecule has 136 valence electrons. The summed E-state index contributed by atoms with van der Waals surface area (Å²) in [5.41, 5.74) is 0. The van der Waals surface area contributed by atoms with Gasteiger partial charge in [0, 0.05) is 0 Å². The SMILES string of the molecule is OCC1O[C@H](O[C@H]2OC(CO)[C@H](O)[C@H](O)C2O)C(O)[C@@H](O)[C@H]1O. The highest BCUT2D eigenvalue weighted by molar-refractivity contribution is 4.92. The summed E-state index contributed by atoms with van der Waals surface area (Å²) in [6.45, 7) is -1.33. The van der Waals surface area contributed by atoms with Crippen LogP contribution in [-0.4, -0.2) is 115 Å². The molecule has 0 aromatic rings. The van der Waals surface area contributed by atoms with Crippen LogP contribution in [0, 0.1) is 0 Å². The molecule has 0 spiro atoms. The first-order valence-corrected chi connectivity index (χ1v) is 7.08. The molecule has 0 bridgehead atoms. The lowest BCUT2D eigenvalue weighted by molar-refractivity contribution is -0.376. The van der Waals surface area contributed by atoms with Gasteiger partial charge in [-0.25, -0.2) is 0 Å². The fraction of sp³-hybridized carbons (Fsp3) is 1.00. The molecular formula is C12H22O11. The third-order valence-electron chi connectivity index (χ3n) is 3.97. The lowest BCUT2D eigenvalue weighted by Crippen LogP contribution is -2.63. The minimum atomic E-state index is -1.72. The van der Waals surface area contributed by atoms with Crippen molar-refractivity contribution in [3.8, 4) is 0 Å². The Labute approximate surface area is 130 Å². The molecule has 8 N–H and O–H groups in total. The molecule has 0 aromatic heterocycles. The third-order valence-corrected chi connectivity index (χ3v) is 3.97. The van der Waals surface area contributed by atoms with Gasteiger partial charge in [0.15, 0.2) is 12.6 Å². The smallest absolute Gasteiger partial charge is 0.189 e. The summed E-state index contributed by atoms with van der Waals surface area (Å²) in [7, 11) is 0. The predicted octanol–water partition coefficient (Wildman–Crippen LogP) is -5.40. The van der Waals surface area contributed by atoms with Gasteiger partial charge in [0.1, 0.15) is 48.8 Å². The van der Waals surface area contributed by atoms with E-state index in [4.69, 9.17) is 24.4 Å². The zero-order valence-corrected chi connectivity index (χ0v) is 12.0. The average Bonchev–Trinajstić information content (AvgIpc) is 2.55. The van der Waals surface area contributed by atoms with Crippen molar-refractivity contribution in [1.29, 1.82) is 0 Å². The molecule has 10 atom stereocenters. The highest BCUT2D eigenvalue weighted by Crippen LogP contribution is 2.27. The van der Waals surface area contributed by atoms with Crippen molar-refractivity contribution < 1.29 is 55.1 Å². The molecule has 11 nitrogen and oxygen atoms in total. The second-order valence-corrected chi connectivity index (χ2v) is 5.53. The van der Waals surface area contributed by atoms with Gasteiger partial charge < -0.3 is 55.1 Å². The van der Waals surface area contributed by atoms with E-state index < -0.39 is 74.6 Å². The van der Waals surface area contributed by atoms with E-state index >= 15 is 0 Å². The Bertz CT molecular complexity index is 344. The summed E-state index contributed by atoms with van der Waals surface area (Å²) in [4.78, 5) is 0. The van der Waals surface area contributed by atoms with Gasteiger partial charge in [0.05, 0.1) is 13.2 Å². The van der Waals surface area contributed by atoms with Crippen LogP contribution in [-0.2, 0) is 14.2 Å². The second-order valence-electron chi connectivity index (χ2n) is 5.53. The van der Waals surface area contributed by atoms with Crippen molar-refractivity contribution in [3.63, 3.8) is 0 Å². The molecule has 2 fully saturated rings. The van der Waals surface area contributed by atoms with E-state index in [9.17, 15) is 30.6 Å². The monoisotopic (exact) mass is 342 g/mol. The molecule has 23 heavy (non-hydrogen) atoms. The molecule has 2 aliphatic heterocycles. The van der Waals surface area contributed by atoms with E-state index in [1.807, 2.05) is 0 Å². The highest BCUT2D eigenvalue weighted by atomic mass is 16.8. The average molecular weight is 342 g/mol. The number of aliphatic hydroxyl groups excluding tert-OH is 8. The standard InChI is InChI=1S/C12H22O11/c13-1-3-5(15)7(17)9(19)11(21-3)23-12-10(20)8(18)6(16)4(2-14)22-12/h3-20H,1-2H2/t3?,4?,5-,6-,7-,8-,9?,10?,11+,12+/m0/s1. The van der Waals surface area contributed by atoms with Crippen LogP contribution in [0.25, 0.3) is 0 Å². The lowest BCUT2D eigenvalue weighted by Gasteiger charge is -2.44. The normalized spacial score (nSPS) is 51.7. The predicted molar refractivity (Wildman–Crippen MR) is 68.6 cm³/mol. The molecule has 2 heterocycles. The lowest BCUT2D eigenvalue weighted by atomic mass is 9.98. The van der Waals surface area contributed by atoms with Gasteiger partial charge in [-0.1, -0.05) is 0 Å². The highest BCUT2D eigenvalue weighted by Gasteiger charge is 2.49. The topological polar surface area (TPSA) is 190 Å². The molecule has 11 heteroatoms. The molecule has 0 aromatic carbocycles. The van der Waals surface area contributed by atoms with Gasteiger partial charge in [-0.15, -0.1) is 0 Å². The third kappa shape index (κ3) is 3.65. The Morgan fingerprint density at radius 1 is 0.565 bits per heavy atom. The summed E-state index contributed by atoms with van der Waals surface area (Å²) in [5.74, 6) is 0. The number of aliphatic hydroxyl groups is 8. The Morgan fingerprint density at radius 3 is 1.22 bits per heavy atom. The van der Waals surface area contributed by atoms with Gasteiger partial charge in [-0.05, 0) is 0 Å². The maximum atomic E-state index is 9.84. The van der Waals surface area contributed by atoms with Gasteiger partial charge in [0.25, 0.3) is 0 Å². The minimum Gasteiger partial charge on any atom is -0.394 e. The maximum absolute atomic E-state index is 9.84. The van der Waals surface area contributed by atoms with E-state index in [0.29, 0.717) is 0 Å². The van der Waals surface area contributed by atoms with Crippen LogP contribution < -0.4 is 0 Å². The second kappa shape index (κ2) is 7.63. The first kappa shape index (κ1) is 18.9. The van der Waals surface area contributed by atoms with Crippen LogP contribution in [0.15, 0.2) is 0 Å². The molecule has 0 amide bonds. The van der Waals surface area contributed by atoms with Crippen LogP contribution in [0.1, 0.15) is 0 Å². The zero-order valence-electron chi connectivity index (χ0n) is 12.0. The van der Waals surface area contributed by atoms with E-state index in [0.717, 1.165) is 0 Å².